The van der Waals surface area contributed by atoms with Gasteiger partial charge in [-0.2, -0.15) is 0 Å². The molecule has 0 heterocycles. The monoisotopic (exact) mass is 278 g/mol. The summed E-state index contributed by atoms with van der Waals surface area (Å²) in [5.74, 6) is 0. The van der Waals surface area contributed by atoms with E-state index in [0.29, 0.717) is 12.1 Å². The fraction of sp³-hybridized carbons (Fsp3) is 0.647. The van der Waals surface area contributed by atoms with Crippen molar-refractivity contribution in [2.24, 2.45) is 0 Å². The zero-order valence-electron chi connectivity index (χ0n) is 13.6. The van der Waals surface area contributed by atoms with Crippen LogP contribution >= 0.6 is 0 Å². The maximum Gasteiger partial charge on any atom is 0.0637 e. The van der Waals surface area contributed by atoms with Crippen LogP contribution in [-0.2, 0) is 4.74 Å². The molecule has 1 N–H and O–H groups in total. The van der Waals surface area contributed by atoms with E-state index in [9.17, 15) is 0 Å². The highest BCUT2D eigenvalue weighted by atomic mass is 16.5. The van der Waals surface area contributed by atoms with E-state index < -0.39 is 0 Å². The molecule has 2 unspecified atom stereocenters. The first-order valence-corrected chi connectivity index (χ1v) is 7.73. The average molecular weight is 278 g/mol. The Kier molecular flexibility index (Phi) is 7.63. The molecule has 1 aromatic rings. The summed E-state index contributed by atoms with van der Waals surface area (Å²) in [6.07, 6.45) is 1.13. The molecule has 114 valence electrons. The molecule has 1 rings (SSSR count). The number of ether oxygens (including phenoxy) is 1. The van der Waals surface area contributed by atoms with Crippen LogP contribution in [-0.4, -0.2) is 32.8 Å². The third-order valence-corrected chi connectivity index (χ3v) is 3.88. The fourth-order valence-corrected chi connectivity index (χ4v) is 2.52. The Morgan fingerprint density at radius 3 is 2.50 bits per heavy atom. The van der Waals surface area contributed by atoms with Gasteiger partial charge < -0.3 is 15.0 Å². The predicted molar refractivity (Wildman–Crippen MR) is 87.5 cm³/mol. The maximum atomic E-state index is 5.28. The number of nitrogens with zero attached hydrogens (tertiary/aromatic N) is 1. The van der Waals surface area contributed by atoms with Crippen LogP contribution in [0, 0.1) is 0 Å². The fourth-order valence-electron chi connectivity index (χ4n) is 2.52. The highest BCUT2D eigenvalue weighted by Crippen LogP contribution is 2.28. The Bertz CT molecular complexity index is 381. The normalized spacial score (nSPS) is 14.1. The van der Waals surface area contributed by atoms with Crippen molar-refractivity contribution < 1.29 is 4.74 Å². The lowest BCUT2D eigenvalue weighted by Gasteiger charge is -2.33. The molecule has 0 radical (unpaired) electrons. The minimum atomic E-state index is 0.366. The summed E-state index contributed by atoms with van der Waals surface area (Å²) in [5, 5.41) is 3.51. The van der Waals surface area contributed by atoms with Gasteiger partial charge in [-0.15, -0.1) is 0 Å². The molecule has 3 nitrogen and oxygen atoms in total. The van der Waals surface area contributed by atoms with Gasteiger partial charge in [0.25, 0.3) is 0 Å². The summed E-state index contributed by atoms with van der Waals surface area (Å²) in [5.41, 5.74) is 2.69. The number of anilines is 1. The molecule has 3 heteroatoms. The van der Waals surface area contributed by atoms with E-state index in [1.165, 1.54) is 11.3 Å². The Morgan fingerprint density at radius 1 is 1.20 bits per heavy atom. The van der Waals surface area contributed by atoms with Crippen LogP contribution in [0.5, 0.6) is 0 Å². The number of hydrogen-bond donors (Lipinski definition) is 1. The maximum absolute atomic E-state index is 5.28. The van der Waals surface area contributed by atoms with E-state index in [1.54, 1.807) is 7.11 Å². The van der Waals surface area contributed by atoms with Gasteiger partial charge in [0.15, 0.2) is 0 Å². The van der Waals surface area contributed by atoms with Gasteiger partial charge in [-0.1, -0.05) is 32.0 Å². The number of methoxy groups -OCH3 is 1. The number of hydrogen-bond acceptors (Lipinski definition) is 3. The van der Waals surface area contributed by atoms with Gasteiger partial charge in [-0.25, -0.2) is 0 Å². The predicted octanol–water partition coefficient (Wildman–Crippen LogP) is 3.61. The molecule has 0 bridgehead atoms. The van der Waals surface area contributed by atoms with Gasteiger partial charge >= 0.3 is 0 Å². The topological polar surface area (TPSA) is 24.5 Å². The van der Waals surface area contributed by atoms with Crippen LogP contribution in [0.1, 0.15) is 45.7 Å². The zero-order valence-corrected chi connectivity index (χ0v) is 13.6. The lowest BCUT2D eigenvalue weighted by Crippen LogP contribution is -2.36. The molecule has 0 aliphatic carbocycles. The lowest BCUT2D eigenvalue weighted by molar-refractivity contribution is 0.203. The smallest absolute Gasteiger partial charge is 0.0637 e. The van der Waals surface area contributed by atoms with Crippen molar-refractivity contribution in [3.63, 3.8) is 0 Å². The third-order valence-electron chi connectivity index (χ3n) is 3.88. The van der Waals surface area contributed by atoms with Gasteiger partial charge in [-0.05, 0) is 38.4 Å². The van der Waals surface area contributed by atoms with Gasteiger partial charge in [0.05, 0.1) is 6.61 Å². The minimum Gasteiger partial charge on any atom is -0.383 e. The van der Waals surface area contributed by atoms with Crippen molar-refractivity contribution in [1.29, 1.82) is 0 Å². The molecule has 0 saturated carbocycles. The molecule has 20 heavy (non-hydrogen) atoms. The molecule has 2 atom stereocenters. The molecule has 0 spiro atoms. The SMILES string of the molecule is CCNC(C)c1ccccc1N(CCOC)C(C)CC. The van der Waals surface area contributed by atoms with Crippen molar-refractivity contribution in [1.82, 2.24) is 5.32 Å². The van der Waals surface area contributed by atoms with Gasteiger partial charge in [0.1, 0.15) is 0 Å². The first kappa shape index (κ1) is 17.0. The second kappa shape index (κ2) is 8.98. The highest BCUT2D eigenvalue weighted by molar-refractivity contribution is 5.55. The number of para-hydroxylation sites is 1. The second-order valence-electron chi connectivity index (χ2n) is 5.28. The summed E-state index contributed by atoms with van der Waals surface area (Å²) in [6.45, 7) is 11.6. The zero-order chi connectivity index (χ0) is 15.0. The lowest BCUT2D eigenvalue weighted by atomic mass is 10.0. The van der Waals surface area contributed by atoms with Crippen LogP contribution in [0.25, 0.3) is 0 Å². The van der Waals surface area contributed by atoms with Crippen LogP contribution in [0.15, 0.2) is 24.3 Å². The number of benzene rings is 1. The van der Waals surface area contributed by atoms with E-state index in [4.69, 9.17) is 4.74 Å². The Balaban J connectivity index is 3.05. The van der Waals surface area contributed by atoms with Crippen LogP contribution < -0.4 is 10.2 Å². The van der Waals surface area contributed by atoms with E-state index >= 15 is 0 Å². The van der Waals surface area contributed by atoms with E-state index in [1.807, 2.05) is 0 Å². The Labute approximate surface area is 124 Å². The Morgan fingerprint density at radius 2 is 1.90 bits per heavy atom. The van der Waals surface area contributed by atoms with E-state index in [-0.39, 0.29) is 0 Å². The summed E-state index contributed by atoms with van der Waals surface area (Å²) in [4.78, 5) is 2.46. The summed E-state index contributed by atoms with van der Waals surface area (Å²) in [7, 11) is 1.77. The first-order valence-electron chi connectivity index (χ1n) is 7.73. The summed E-state index contributed by atoms with van der Waals surface area (Å²) in [6, 6.07) is 9.58. The minimum absolute atomic E-state index is 0.366. The van der Waals surface area contributed by atoms with Crippen LogP contribution in [0.3, 0.4) is 0 Å². The standard InChI is InChI=1S/C17H30N2O/c1-6-14(3)19(12-13-20-5)17-11-9-8-10-16(17)15(4)18-7-2/h8-11,14-15,18H,6-7,12-13H2,1-5H3. The summed E-state index contributed by atoms with van der Waals surface area (Å²) >= 11 is 0. The molecule has 0 saturated heterocycles. The van der Waals surface area contributed by atoms with Crippen molar-refractivity contribution in [3.8, 4) is 0 Å². The molecular formula is C17H30N2O. The largest absolute Gasteiger partial charge is 0.383 e. The molecule has 0 amide bonds. The number of nitrogens with one attached hydrogen (secondary N) is 1. The van der Waals surface area contributed by atoms with Crippen molar-refractivity contribution >= 4 is 5.69 Å². The van der Waals surface area contributed by atoms with Crippen molar-refractivity contribution in [3.05, 3.63) is 29.8 Å². The van der Waals surface area contributed by atoms with Gasteiger partial charge in [0, 0.05) is 31.4 Å². The molecule has 1 aromatic carbocycles. The van der Waals surface area contributed by atoms with Gasteiger partial charge in [0.2, 0.25) is 0 Å². The number of rotatable bonds is 9. The van der Waals surface area contributed by atoms with Crippen LogP contribution in [0.4, 0.5) is 5.69 Å². The summed E-state index contributed by atoms with van der Waals surface area (Å²) < 4.78 is 5.28. The first-order chi connectivity index (χ1) is 9.65. The highest BCUT2D eigenvalue weighted by Gasteiger charge is 2.18. The van der Waals surface area contributed by atoms with Gasteiger partial charge in [-0.3, -0.25) is 0 Å². The second-order valence-corrected chi connectivity index (χ2v) is 5.28. The molecule has 0 fully saturated rings. The molecule has 0 aromatic heterocycles. The van der Waals surface area contributed by atoms with E-state index in [0.717, 1.165) is 26.1 Å². The van der Waals surface area contributed by atoms with Crippen LogP contribution in [0.2, 0.25) is 0 Å². The average Bonchev–Trinajstić information content (AvgIpc) is 2.48. The molecule has 0 aliphatic rings. The Hall–Kier alpha value is -1.06. The molecule has 0 aliphatic heterocycles. The van der Waals surface area contributed by atoms with Crippen molar-refractivity contribution in [2.45, 2.75) is 46.2 Å². The van der Waals surface area contributed by atoms with Crippen molar-refractivity contribution in [2.75, 3.05) is 31.7 Å². The van der Waals surface area contributed by atoms with E-state index in [2.05, 4.69) is 62.2 Å². The quantitative estimate of drug-likeness (QED) is 0.747. The molecular weight excluding hydrogens is 248 g/mol. The third kappa shape index (κ3) is 4.50.